The maximum Gasteiger partial charge on any atom is 0.288 e. The third kappa shape index (κ3) is 4.44. The van der Waals surface area contributed by atoms with E-state index in [2.05, 4.69) is 15.5 Å². The first-order valence-corrected chi connectivity index (χ1v) is 12.0. The molecule has 5 rings (SSSR count). The predicted octanol–water partition coefficient (Wildman–Crippen LogP) is 3.53. The molecular formula is C27H28FN5O4. The smallest absolute Gasteiger partial charge is 0.288 e. The first kappa shape index (κ1) is 24.5. The average molecular weight is 506 g/mol. The van der Waals surface area contributed by atoms with Gasteiger partial charge < -0.3 is 25.5 Å². The number of halogens is 1. The fraction of sp³-hybridized carbons (Fsp3) is 0.296. The number of fused-ring (bicyclic) bond motifs is 1. The van der Waals surface area contributed by atoms with Crippen molar-refractivity contribution in [2.24, 2.45) is 0 Å². The van der Waals surface area contributed by atoms with Gasteiger partial charge in [-0.15, -0.1) is 0 Å². The predicted molar refractivity (Wildman–Crippen MR) is 138 cm³/mol. The Balaban J connectivity index is 1.44. The number of ether oxygens (including phenoxy) is 1. The van der Waals surface area contributed by atoms with Crippen LogP contribution >= 0.6 is 0 Å². The lowest BCUT2D eigenvalue weighted by molar-refractivity contribution is 0.0280. The number of hydrogen-bond acceptors (Lipinski definition) is 6. The summed E-state index contributed by atoms with van der Waals surface area (Å²) >= 11 is 0. The number of nitrogens with two attached hydrogens (primary N) is 1. The molecule has 1 amide bonds. The van der Waals surface area contributed by atoms with Gasteiger partial charge in [0, 0.05) is 18.3 Å². The fourth-order valence-corrected chi connectivity index (χ4v) is 5.21. The SMILES string of the molecule is COc1ccc(F)cc1C(=O)NCc1ccc(-c2cn(C3CCCC3(C)O)c3c(=O)[nH]nc(N)c23)cc1. The molecule has 1 fully saturated rings. The van der Waals surface area contributed by atoms with Gasteiger partial charge in [0.25, 0.3) is 11.5 Å². The van der Waals surface area contributed by atoms with Crippen molar-refractivity contribution in [3.05, 3.63) is 76.0 Å². The molecule has 1 aliphatic carbocycles. The van der Waals surface area contributed by atoms with Crippen LogP contribution in [-0.4, -0.2) is 38.5 Å². The van der Waals surface area contributed by atoms with E-state index in [-0.39, 0.29) is 35.3 Å². The zero-order valence-corrected chi connectivity index (χ0v) is 20.5. The maximum absolute atomic E-state index is 13.6. The van der Waals surface area contributed by atoms with Crippen LogP contribution < -0.4 is 21.3 Å². The Labute approximate surface area is 212 Å². The van der Waals surface area contributed by atoms with Crippen LogP contribution in [0.15, 0.2) is 53.5 Å². The Morgan fingerprint density at radius 3 is 2.76 bits per heavy atom. The summed E-state index contributed by atoms with van der Waals surface area (Å²) in [5.41, 5.74) is 7.74. The Morgan fingerprint density at radius 1 is 1.32 bits per heavy atom. The molecule has 2 heterocycles. The minimum Gasteiger partial charge on any atom is -0.496 e. The summed E-state index contributed by atoms with van der Waals surface area (Å²) in [7, 11) is 1.42. The molecule has 37 heavy (non-hydrogen) atoms. The van der Waals surface area contributed by atoms with E-state index in [0.29, 0.717) is 17.3 Å². The standard InChI is InChI=1S/C27H28FN5O4/c1-27(36)11-3-4-21(27)33-14-19(22-23(33)26(35)32-31-24(22)29)16-7-5-15(6-8-16)13-30-25(34)18-12-17(28)9-10-20(18)37-2/h5-10,12,14,21,36H,3-4,11,13H2,1-2H3,(H2,29,31)(H,30,34)(H,32,35). The third-order valence-corrected chi connectivity index (χ3v) is 7.12. The number of aromatic nitrogens is 3. The van der Waals surface area contributed by atoms with Gasteiger partial charge in [-0.3, -0.25) is 9.59 Å². The second-order valence-electron chi connectivity index (χ2n) is 9.60. The molecule has 4 aromatic rings. The number of benzene rings is 2. The molecule has 0 bridgehead atoms. The van der Waals surface area contributed by atoms with Gasteiger partial charge in [0.1, 0.15) is 17.1 Å². The fourth-order valence-electron chi connectivity index (χ4n) is 5.21. The van der Waals surface area contributed by atoms with Gasteiger partial charge in [-0.05, 0) is 55.5 Å². The lowest BCUT2D eigenvalue weighted by Gasteiger charge is -2.27. The summed E-state index contributed by atoms with van der Waals surface area (Å²) in [4.78, 5) is 25.4. The van der Waals surface area contributed by atoms with Gasteiger partial charge in [-0.25, -0.2) is 9.49 Å². The van der Waals surface area contributed by atoms with Crippen molar-refractivity contribution in [1.29, 1.82) is 0 Å². The summed E-state index contributed by atoms with van der Waals surface area (Å²) in [5.74, 6) is -0.499. The number of H-pyrrole nitrogens is 1. The highest BCUT2D eigenvalue weighted by Crippen LogP contribution is 2.43. The Bertz CT molecular complexity index is 1540. The van der Waals surface area contributed by atoms with Crippen molar-refractivity contribution >= 4 is 22.6 Å². The number of nitrogens with zero attached hydrogens (tertiary/aromatic N) is 2. The Hall–Kier alpha value is -4.18. The van der Waals surface area contributed by atoms with Crippen molar-refractivity contribution in [2.75, 3.05) is 12.8 Å². The van der Waals surface area contributed by atoms with Crippen LogP contribution in [0.5, 0.6) is 5.75 Å². The highest BCUT2D eigenvalue weighted by atomic mass is 19.1. The number of carbonyl (C=O) groups excluding carboxylic acids is 1. The zero-order valence-electron chi connectivity index (χ0n) is 20.5. The number of nitrogen functional groups attached to an aromatic ring is 1. The van der Waals surface area contributed by atoms with Crippen molar-refractivity contribution in [1.82, 2.24) is 20.1 Å². The lowest BCUT2D eigenvalue weighted by Crippen LogP contribution is -2.32. The number of aliphatic hydroxyl groups is 1. The van der Waals surface area contributed by atoms with Crippen LogP contribution in [0.2, 0.25) is 0 Å². The first-order valence-electron chi connectivity index (χ1n) is 12.0. The monoisotopic (exact) mass is 505 g/mol. The topological polar surface area (TPSA) is 135 Å². The van der Waals surface area contributed by atoms with Gasteiger partial charge in [-0.2, -0.15) is 5.10 Å². The van der Waals surface area contributed by atoms with E-state index in [0.717, 1.165) is 35.6 Å². The van der Waals surface area contributed by atoms with E-state index >= 15 is 0 Å². The van der Waals surface area contributed by atoms with E-state index < -0.39 is 17.3 Å². The summed E-state index contributed by atoms with van der Waals surface area (Å²) in [6.45, 7) is 2.01. The molecule has 1 saturated carbocycles. The Kier molecular flexibility index (Phi) is 6.20. The van der Waals surface area contributed by atoms with Crippen LogP contribution in [0.25, 0.3) is 22.0 Å². The molecule has 2 aromatic heterocycles. The number of methoxy groups -OCH3 is 1. The Morgan fingerprint density at radius 2 is 2.08 bits per heavy atom. The van der Waals surface area contributed by atoms with Gasteiger partial charge in [0.2, 0.25) is 0 Å². The molecule has 9 nitrogen and oxygen atoms in total. The number of aromatic amines is 1. The van der Waals surface area contributed by atoms with Crippen LogP contribution in [0.3, 0.4) is 0 Å². The molecular weight excluding hydrogens is 477 g/mol. The molecule has 1 aliphatic rings. The number of carbonyl (C=O) groups is 1. The largest absolute Gasteiger partial charge is 0.496 e. The van der Waals surface area contributed by atoms with Crippen molar-refractivity contribution < 1.29 is 19.0 Å². The summed E-state index contributed by atoms with van der Waals surface area (Å²) in [6.07, 6.45) is 4.10. The van der Waals surface area contributed by atoms with E-state index in [1.54, 1.807) is 6.92 Å². The third-order valence-electron chi connectivity index (χ3n) is 7.12. The van der Waals surface area contributed by atoms with Gasteiger partial charge in [0.15, 0.2) is 5.82 Å². The van der Waals surface area contributed by atoms with E-state index in [9.17, 15) is 19.1 Å². The summed E-state index contributed by atoms with van der Waals surface area (Å²) in [5, 5.41) is 20.7. The molecule has 2 atom stereocenters. The van der Waals surface area contributed by atoms with E-state index in [4.69, 9.17) is 10.5 Å². The zero-order chi connectivity index (χ0) is 26.3. The molecule has 192 valence electrons. The maximum atomic E-state index is 13.6. The van der Waals surface area contributed by atoms with Crippen molar-refractivity contribution in [3.63, 3.8) is 0 Å². The second-order valence-corrected chi connectivity index (χ2v) is 9.60. The van der Waals surface area contributed by atoms with Crippen LogP contribution in [0.1, 0.15) is 48.1 Å². The first-order chi connectivity index (χ1) is 17.7. The normalized spacial score (nSPS) is 19.3. The summed E-state index contributed by atoms with van der Waals surface area (Å²) < 4.78 is 20.6. The number of anilines is 1. The highest BCUT2D eigenvalue weighted by molar-refractivity contribution is 6.02. The molecule has 0 saturated heterocycles. The highest BCUT2D eigenvalue weighted by Gasteiger charge is 2.39. The molecule has 0 spiro atoms. The number of hydrogen-bond donors (Lipinski definition) is 4. The molecule has 5 N–H and O–H groups in total. The van der Waals surface area contributed by atoms with E-state index in [1.165, 1.54) is 19.2 Å². The van der Waals surface area contributed by atoms with Gasteiger partial charge in [0.05, 0.1) is 29.7 Å². The van der Waals surface area contributed by atoms with Crippen molar-refractivity contribution in [3.8, 4) is 16.9 Å². The van der Waals surface area contributed by atoms with Gasteiger partial charge >= 0.3 is 0 Å². The number of nitrogens with one attached hydrogen (secondary N) is 2. The van der Waals surface area contributed by atoms with Crippen LogP contribution in [-0.2, 0) is 6.54 Å². The molecule has 0 aliphatic heterocycles. The van der Waals surface area contributed by atoms with E-state index in [1.807, 2.05) is 35.0 Å². The quantitative estimate of drug-likeness (QED) is 0.317. The summed E-state index contributed by atoms with van der Waals surface area (Å²) in [6, 6.07) is 11.0. The molecule has 2 unspecified atom stereocenters. The minimum absolute atomic E-state index is 0.114. The second kappa shape index (κ2) is 9.36. The minimum atomic E-state index is -0.944. The molecule has 10 heteroatoms. The number of amides is 1. The molecule has 0 radical (unpaired) electrons. The average Bonchev–Trinajstić information content (AvgIpc) is 3.45. The molecule has 2 aromatic carbocycles. The van der Waals surface area contributed by atoms with Crippen molar-refractivity contribution in [2.45, 2.75) is 44.4 Å². The van der Waals surface area contributed by atoms with Crippen LogP contribution in [0, 0.1) is 5.82 Å². The van der Waals surface area contributed by atoms with Gasteiger partial charge in [-0.1, -0.05) is 24.3 Å². The number of rotatable bonds is 6. The lowest BCUT2D eigenvalue weighted by atomic mass is 10.0. The van der Waals surface area contributed by atoms with Crippen LogP contribution in [0.4, 0.5) is 10.2 Å².